The molecule has 0 spiro atoms. The zero-order chi connectivity index (χ0) is 22.7. The molecule has 8 heteroatoms. The summed E-state index contributed by atoms with van der Waals surface area (Å²) in [6.07, 6.45) is 9.86. The Morgan fingerprint density at radius 1 is 1.06 bits per heavy atom. The fourth-order valence-corrected chi connectivity index (χ4v) is 3.75. The van der Waals surface area contributed by atoms with Gasteiger partial charge in [-0.25, -0.2) is 0 Å². The third kappa shape index (κ3) is 7.21. The van der Waals surface area contributed by atoms with Crippen LogP contribution in [0.25, 0.3) is 11.5 Å². The van der Waals surface area contributed by atoms with E-state index in [0.717, 1.165) is 34.9 Å². The highest BCUT2D eigenvalue weighted by molar-refractivity contribution is 5.52. The Kier molecular flexibility index (Phi) is 8.57. The number of H-pyrrole nitrogens is 1. The highest BCUT2D eigenvalue weighted by atomic mass is 16.5. The molecular weight excluding hydrogens is 420 g/mol. The van der Waals surface area contributed by atoms with Gasteiger partial charge < -0.3 is 24.4 Å². The molecule has 0 atom stereocenters. The minimum Gasteiger partial charge on any atom is -0.492 e. The van der Waals surface area contributed by atoms with E-state index in [1.165, 1.54) is 25.9 Å². The van der Waals surface area contributed by atoms with Gasteiger partial charge in [-0.2, -0.15) is 5.10 Å². The minimum absolute atomic E-state index is 0.445. The van der Waals surface area contributed by atoms with Crippen LogP contribution in [0.15, 0.2) is 59.4 Å². The van der Waals surface area contributed by atoms with Crippen molar-refractivity contribution in [1.29, 1.82) is 0 Å². The number of furan rings is 1. The molecule has 2 aromatic heterocycles. The summed E-state index contributed by atoms with van der Waals surface area (Å²) in [6, 6.07) is 9.51. The average molecular weight is 453 g/mol. The molecule has 33 heavy (non-hydrogen) atoms. The molecule has 1 aliphatic rings. The van der Waals surface area contributed by atoms with Crippen LogP contribution < -0.4 is 10.5 Å². The number of nitrogens with two attached hydrogens (primary N) is 1. The number of ether oxygens (including phenoxy) is 3. The van der Waals surface area contributed by atoms with Gasteiger partial charge in [0.2, 0.25) is 0 Å². The van der Waals surface area contributed by atoms with E-state index < -0.39 is 0 Å². The average Bonchev–Trinajstić information content (AvgIpc) is 3.60. The van der Waals surface area contributed by atoms with Gasteiger partial charge in [0.1, 0.15) is 18.1 Å². The van der Waals surface area contributed by atoms with E-state index in [-0.39, 0.29) is 0 Å². The summed E-state index contributed by atoms with van der Waals surface area (Å²) in [4.78, 5) is 2.44. The van der Waals surface area contributed by atoms with E-state index >= 15 is 0 Å². The van der Waals surface area contributed by atoms with Gasteiger partial charge in [-0.15, -0.1) is 0 Å². The number of nitrogens with zero attached hydrogens (tertiary/aromatic N) is 2. The summed E-state index contributed by atoms with van der Waals surface area (Å²) in [6.45, 7) is 5.88. The number of benzene rings is 1. The summed E-state index contributed by atoms with van der Waals surface area (Å²) in [5, 5.41) is 6.80. The van der Waals surface area contributed by atoms with Gasteiger partial charge in [-0.3, -0.25) is 10.00 Å². The highest BCUT2D eigenvalue weighted by Gasteiger charge is 2.12. The second-order valence-corrected chi connectivity index (χ2v) is 8.06. The van der Waals surface area contributed by atoms with Crippen molar-refractivity contribution in [3.05, 3.63) is 66.1 Å². The molecule has 1 aromatic carbocycles. The predicted molar refractivity (Wildman–Crippen MR) is 127 cm³/mol. The normalized spacial score (nSPS) is 14.4. The molecule has 3 aromatic rings. The third-order valence-corrected chi connectivity index (χ3v) is 5.49. The maximum Gasteiger partial charge on any atom is 0.152 e. The number of rotatable bonds is 13. The van der Waals surface area contributed by atoms with Crippen LogP contribution >= 0.6 is 0 Å². The lowest BCUT2D eigenvalue weighted by Crippen LogP contribution is -2.25. The molecule has 4 rings (SSSR count). The number of aromatic nitrogens is 2. The molecule has 3 N–H and O–H groups in total. The third-order valence-electron chi connectivity index (χ3n) is 5.49. The van der Waals surface area contributed by atoms with Crippen LogP contribution in [0.4, 0.5) is 5.69 Å². The number of nitrogens with one attached hydrogen (secondary N) is 1. The van der Waals surface area contributed by atoms with Gasteiger partial charge in [-0.1, -0.05) is 12.2 Å². The molecule has 0 amide bonds. The fourth-order valence-electron chi connectivity index (χ4n) is 3.75. The second kappa shape index (κ2) is 12.2. The Balaban J connectivity index is 1.12. The van der Waals surface area contributed by atoms with E-state index in [0.29, 0.717) is 38.7 Å². The predicted octanol–water partition coefficient (Wildman–Crippen LogP) is 4.02. The van der Waals surface area contributed by atoms with Crippen molar-refractivity contribution in [3.8, 4) is 17.2 Å². The van der Waals surface area contributed by atoms with Crippen LogP contribution in [0, 0.1) is 0 Å². The monoisotopic (exact) mass is 452 g/mol. The molecular formula is C25H32N4O4. The van der Waals surface area contributed by atoms with Crippen molar-refractivity contribution < 1.29 is 18.6 Å². The van der Waals surface area contributed by atoms with Crippen molar-refractivity contribution >= 4 is 5.69 Å². The summed E-state index contributed by atoms with van der Waals surface area (Å²) < 4.78 is 23.0. The Morgan fingerprint density at radius 3 is 2.67 bits per heavy atom. The molecule has 0 bridgehead atoms. The molecule has 1 aliphatic heterocycles. The van der Waals surface area contributed by atoms with Gasteiger partial charge in [0.25, 0.3) is 0 Å². The molecule has 3 heterocycles. The first-order chi connectivity index (χ1) is 16.3. The van der Waals surface area contributed by atoms with E-state index in [2.05, 4.69) is 15.1 Å². The van der Waals surface area contributed by atoms with Gasteiger partial charge in [0, 0.05) is 29.6 Å². The molecule has 0 saturated carbocycles. The van der Waals surface area contributed by atoms with Crippen LogP contribution in [0.1, 0.15) is 24.0 Å². The summed E-state index contributed by atoms with van der Waals surface area (Å²) in [7, 11) is 0. The number of hydrogen-bond acceptors (Lipinski definition) is 7. The second-order valence-electron chi connectivity index (χ2n) is 8.06. The molecule has 0 unspecified atom stereocenters. The van der Waals surface area contributed by atoms with Crippen LogP contribution in [0.2, 0.25) is 0 Å². The Bertz CT molecular complexity index is 994. The SMILES string of the molecule is Nc1ccc(OCCN2CCCC2)c(COC/C=C/COCc2coc(-c3ccn[nH]3)c2)c1. The minimum atomic E-state index is 0.445. The lowest BCUT2D eigenvalue weighted by Gasteiger charge is -2.17. The topological polar surface area (TPSA) is 98.8 Å². The lowest BCUT2D eigenvalue weighted by molar-refractivity contribution is 0.138. The van der Waals surface area contributed by atoms with Gasteiger partial charge in [-0.05, 0) is 56.3 Å². The van der Waals surface area contributed by atoms with Crippen molar-refractivity contribution in [1.82, 2.24) is 15.1 Å². The van der Waals surface area contributed by atoms with Crippen LogP contribution in [-0.2, 0) is 22.7 Å². The van der Waals surface area contributed by atoms with Crippen LogP contribution in [0.3, 0.4) is 0 Å². The van der Waals surface area contributed by atoms with Crippen molar-refractivity contribution in [2.75, 3.05) is 45.2 Å². The van der Waals surface area contributed by atoms with E-state index in [1.807, 2.05) is 42.5 Å². The molecule has 1 fully saturated rings. The van der Waals surface area contributed by atoms with Crippen molar-refractivity contribution in [2.24, 2.45) is 0 Å². The van der Waals surface area contributed by atoms with E-state index in [9.17, 15) is 0 Å². The lowest BCUT2D eigenvalue weighted by atomic mass is 10.2. The van der Waals surface area contributed by atoms with E-state index in [1.54, 1.807) is 12.5 Å². The Labute approximate surface area is 194 Å². The number of hydrogen-bond donors (Lipinski definition) is 2. The van der Waals surface area contributed by atoms with Crippen LogP contribution in [0.5, 0.6) is 5.75 Å². The van der Waals surface area contributed by atoms with Gasteiger partial charge >= 0.3 is 0 Å². The highest BCUT2D eigenvalue weighted by Crippen LogP contribution is 2.23. The van der Waals surface area contributed by atoms with Crippen LogP contribution in [-0.4, -0.2) is 54.6 Å². The first-order valence-electron chi connectivity index (χ1n) is 11.4. The maximum absolute atomic E-state index is 6.00. The Morgan fingerprint density at radius 2 is 1.88 bits per heavy atom. The number of aromatic amines is 1. The quantitative estimate of drug-likeness (QED) is 0.230. The molecule has 8 nitrogen and oxygen atoms in total. The van der Waals surface area contributed by atoms with Crippen molar-refractivity contribution in [3.63, 3.8) is 0 Å². The largest absolute Gasteiger partial charge is 0.492 e. The standard InChI is InChI=1S/C25H32N4O4/c26-22-5-6-24(32-14-11-29-9-1-2-10-29)21(16-22)19-31-13-4-3-12-30-17-20-15-25(33-18-20)23-7-8-27-28-23/h3-8,15-16,18H,1-2,9-14,17,19,26H2,(H,27,28)/b4-3+. The zero-order valence-corrected chi connectivity index (χ0v) is 18.9. The number of anilines is 1. The first kappa shape index (κ1) is 23.1. The maximum atomic E-state index is 6.00. The molecule has 0 aliphatic carbocycles. The molecule has 1 saturated heterocycles. The smallest absolute Gasteiger partial charge is 0.152 e. The van der Waals surface area contributed by atoms with E-state index in [4.69, 9.17) is 24.4 Å². The fraction of sp³-hybridized carbons (Fsp3) is 0.400. The number of nitrogen functional groups attached to an aromatic ring is 1. The first-order valence-corrected chi connectivity index (χ1v) is 11.4. The number of likely N-dealkylation sites (tertiary alicyclic amines) is 1. The summed E-state index contributed by atoms with van der Waals surface area (Å²) >= 11 is 0. The summed E-state index contributed by atoms with van der Waals surface area (Å²) in [5.41, 5.74) is 9.45. The van der Waals surface area contributed by atoms with Crippen molar-refractivity contribution in [2.45, 2.75) is 26.1 Å². The Hall–Kier alpha value is -3.07. The van der Waals surface area contributed by atoms with Gasteiger partial charge in [0.05, 0.1) is 32.7 Å². The van der Waals surface area contributed by atoms with Gasteiger partial charge in [0.15, 0.2) is 5.76 Å². The zero-order valence-electron chi connectivity index (χ0n) is 18.9. The molecule has 0 radical (unpaired) electrons. The summed E-state index contributed by atoms with van der Waals surface area (Å²) in [5.74, 6) is 1.58. The molecule has 176 valence electrons.